The first-order chi connectivity index (χ1) is 7.69. The standard InChI is InChI=1S/C12H11BrINO/c13-8-12(16)11(5-2-6-15)9-3-1-4-10(14)7-9/h1,3-4,7,11H,2,5,8H2. The average Bonchev–Trinajstić information content (AvgIpc) is 2.29. The van der Waals surface area contributed by atoms with E-state index in [1.54, 1.807) is 0 Å². The van der Waals surface area contributed by atoms with E-state index in [0.29, 0.717) is 18.2 Å². The van der Waals surface area contributed by atoms with Gasteiger partial charge < -0.3 is 0 Å². The molecule has 0 aliphatic heterocycles. The zero-order valence-electron chi connectivity index (χ0n) is 8.62. The van der Waals surface area contributed by atoms with E-state index in [1.807, 2.05) is 24.3 Å². The van der Waals surface area contributed by atoms with Crippen molar-refractivity contribution in [1.29, 1.82) is 5.26 Å². The molecule has 0 saturated heterocycles. The number of nitrogens with zero attached hydrogens (tertiary/aromatic N) is 1. The van der Waals surface area contributed by atoms with Crippen molar-refractivity contribution in [1.82, 2.24) is 0 Å². The predicted octanol–water partition coefficient (Wildman–Crippen LogP) is 3.64. The van der Waals surface area contributed by atoms with Gasteiger partial charge in [-0.3, -0.25) is 4.79 Å². The first-order valence-electron chi connectivity index (χ1n) is 4.90. The summed E-state index contributed by atoms with van der Waals surface area (Å²) in [4.78, 5) is 11.8. The van der Waals surface area contributed by atoms with Crippen molar-refractivity contribution in [3.63, 3.8) is 0 Å². The molecule has 84 valence electrons. The monoisotopic (exact) mass is 391 g/mol. The Morgan fingerprint density at radius 2 is 2.31 bits per heavy atom. The average molecular weight is 392 g/mol. The van der Waals surface area contributed by atoms with Crippen molar-refractivity contribution in [2.45, 2.75) is 18.8 Å². The fraction of sp³-hybridized carbons (Fsp3) is 0.333. The first kappa shape index (κ1) is 13.7. The third kappa shape index (κ3) is 3.87. The second-order valence-corrected chi connectivity index (χ2v) is 5.21. The van der Waals surface area contributed by atoms with E-state index in [0.717, 1.165) is 9.13 Å². The van der Waals surface area contributed by atoms with Crippen LogP contribution in [0.15, 0.2) is 24.3 Å². The van der Waals surface area contributed by atoms with Crippen LogP contribution in [0.2, 0.25) is 0 Å². The van der Waals surface area contributed by atoms with E-state index >= 15 is 0 Å². The summed E-state index contributed by atoms with van der Waals surface area (Å²) >= 11 is 5.41. The van der Waals surface area contributed by atoms with Gasteiger partial charge in [0.25, 0.3) is 0 Å². The summed E-state index contributed by atoms with van der Waals surface area (Å²) in [6.07, 6.45) is 1.01. The number of Topliss-reactive ketones (excluding diaryl/α,β-unsaturated/α-hetero) is 1. The Morgan fingerprint density at radius 1 is 1.56 bits per heavy atom. The van der Waals surface area contributed by atoms with Crippen LogP contribution in [0.4, 0.5) is 0 Å². The highest BCUT2D eigenvalue weighted by Gasteiger charge is 2.19. The first-order valence-corrected chi connectivity index (χ1v) is 7.10. The Morgan fingerprint density at radius 3 is 2.88 bits per heavy atom. The molecule has 1 unspecified atom stereocenters. The topological polar surface area (TPSA) is 40.9 Å². The van der Waals surface area contributed by atoms with E-state index in [9.17, 15) is 4.79 Å². The van der Waals surface area contributed by atoms with Gasteiger partial charge in [0.15, 0.2) is 5.78 Å². The number of halogens is 2. The molecule has 0 fully saturated rings. The van der Waals surface area contributed by atoms with Crippen molar-refractivity contribution in [2.24, 2.45) is 0 Å². The molecule has 0 bridgehead atoms. The number of hydrogen-bond donors (Lipinski definition) is 0. The molecule has 4 heteroatoms. The molecule has 0 N–H and O–H groups in total. The number of rotatable bonds is 5. The Bertz CT molecular complexity index is 414. The lowest BCUT2D eigenvalue weighted by Crippen LogP contribution is -2.13. The molecular weight excluding hydrogens is 381 g/mol. The van der Waals surface area contributed by atoms with Crippen LogP contribution in [0, 0.1) is 14.9 Å². The van der Waals surface area contributed by atoms with Gasteiger partial charge in [0, 0.05) is 15.9 Å². The molecule has 1 aromatic carbocycles. The highest BCUT2D eigenvalue weighted by atomic mass is 127. The van der Waals surface area contributed by atoms with Crippen molar-refractivity contribution < 1.29 is 4.79 Å². The zero-order valence-corrected chi connectivity index (χ0v) is 12.4. The third-order valence-corrected chi connectivity index (χ3v) is 3.54. The van der Waals surface area contributed by atoms with Crippen LogP contribution < -0.4 is 0 Å². The Balaban J connectivity index is 2.92. The van der Waals surface area contributed by atoms with Crippen LogP contribution in [-0.2, 0) is 4.79 Å². The second-order valence-electron chi connectivity index (χ2n) is 3.40. The van der Waals surface area contributed by atoms with E-state index < -0.39 is 0 Å². The number of benzene rings is 1. The molecule has 0 aromatic heterocycles. The number of alkyl halides is 1. The molecule has 1 rings (SSSR count). The summed E-state index contributed by atoms with van der Waals surface area (Å²) in [7, 11) is 0. The van der Waals surface area contributed by atoms with Gasteiger partial charge in [0.1, 0.15) is 0 Å². The molecule has 16 heavy (non-hydrogen) atoms. The van der Waals surface area contributed by atoms with E-state index in [1.165, 1.54) is 0 Å². The Hall–Kier alpha value is -0.410. The second kappa shape index (κ2) is 7.02. The molecule has 1 aromatic rings. The van der Waals surface area contributed by atoms with Crippen LogP contribution >= 0.6 is 38.5 Å². The van der Waals surface area contributed by atoms with Gasteiger partial charge in [-0.15, -0.1) is 0 Å². The predicted molar refractivity (Wildman–Crippen MR) is 75.5 cm³/mol. The highest BCUT2D eigenvalue weighted by molar-refractivity contribution is 14.1. The minimum Gasteiger partial charge on any atom is -0.298 e. The lowest BCUT2D eigenvalue weighted by atomic mass is 9.91. The number of carbonyl (C=O) groups excluding carboxylic acids is 1. The van der Waals surface area contributed by atoms with Crippen molar-refractivity contribution in [2.75, 3.05) is 5.33 Å². The maximum atomic E-state index is 11.8. The Labute approximate surface area is 117 Å². The van der Waals surface area contributed by atoms with Crippen LogP contribution in [0.25, 0.3) is 0 Å². The van der Waals surface area contributed by atoms with Crippen LogP contribution in [0.1, 0.15) is 24.3 Å². The summed E-state index contributed by atoms with van der Waals surface area (Å²) in [5.41, 5.74) is 1.01. The maximum absolute atomic E-state index is 11.8. The van der Waals surface area contributed by atoms with Crippen LogP contribution in [0.5, 0.6) is 0 Å². The quantitative estimate of drug-likeness (QED) is 0.567. The Kier molecular flexibility index (Phi) is 5.99. The lowest BCUT2D eigenvalue weighted by Gasteiger charge is -2.13. The van der Waals surface area contributed by atoms with Crippen LogP contribution in [0.3, 0.4) is 0 Å². The van der Waals surface area contributed by atoms with Crippen molar-refractivity contribution in [3.05, 3.63) is 33.4 Å². The van der Waals surface area contributed by atoms with Gasteiger partial charge >= 0.3 is 0 Å². The van der Waals surface area contributed by atoms with Gasteiger partial charge in [0.2, 0.25) is 0 Å². The number of hydrogen-bond acceptors (Lipinski definition) is 2. The van der Waals surface area contributed by atoms with E-state index in [-0.39, 0.29) is 11.7 Å². The molecule has 0 aliphatic carbocycles. The smallest absolute Gasteiger partial charge is 0.150 e. The summed E-state index contributed by atoms with van der Waals surface area (Å²) < 4.78 is 1.11. The van der Waals surface area contributed by atoms with Gasteiger partial charge in [-0.25, -0.2) is 0 Å². The lowest BCUT2D eigenvalue weighted by molar-refractivity contribution is -0.118. The molecule has 0 radical (unpaired) electrons. The minimum atomic E-state index is -0.159. The van der Waals surface area contributed by atoms with Gasteiger partial charge in [-0.05, 0) is 46.7 Å². The summed E-state index contributed by atoms with van der Waals surface area (Å²) in [6.45, 7) is 0. The van der Waals surface area contributed by atoms with Gasteiger partial charge in [-0.1, -0.05) is 28.1 Å². The van der Waals surface area contributed by atoms with E-state index in [2.05, 4.69) is 44.6 Å². The molecular formula is C12H11BrINO. The molecule has 0 spiro atoms. The van der Waals surface area contributed by atoms with Crippen molar-refractivity contribution in [3.8, 4) is 6.07 Å². The molecule has 0 aliphatic rings. The SMILES string of the molecule is N#CCCC(C(=O)CBr)c1cccc(I)c1. The normalized spacial score (nSPS) is 11.8. The molecule has 2 nitrogen and oxygen atoms in total. The van der Waals surface area contributed by atoms with Crippen LogP contribution in [-0.4, -0.2) is 11.1 Å². The van der Waals surface area contributed by atoms with E-state index in [4.69, 9.17) is 5.26 Å². The van der Waals surface area contributed by atoms with Gasteiger partial charge in [-0.2, -0.15) is 5.26 Å². The fourth-order valence-electron chi connectivity index (χ4n) is 1.54. The molecule has 0 saturated carbocycles. The third-order valence-electron chi connectivity index (χ3n) is 2.32. The number of nitriles is 1. The maximum Gasteiger partial charge on any atom is 0.150 e. The fourth-order valence-corrected chi connectivity index (χ4v) is 2.50. The molecule has 0 heterocycles. The summed E-state index contributed by atoms with van der Waals surface area (Å²) in [6, 6.07) is 9.98. The largest absolute Gasteiger partial charge is 0.298 e. The summed E-state index contributed by atoms with van der Waals surface area (Å²) in [5, 5.41) is 8.94. The number of ketones is 1. The molecule has 1 atom stereocenters. The molecule has 0 amide bonds. The summed E-state index contributed by atoms with van der Waals surface area (Å²) in [5.74, 6) is -0.0222. The highest BCUT2D eigenvalue weighted by Crippen LogP contribution is 2.24. The van der Waals surface area contributed by atoms with Crippen molar-refractivity contribution >= 4 is 44.3 Å². The zero-order chi connectivity index (χ0) is 12.0. The van der Waals surface area contributed by atoms with Gasteiger partial charge in [0.05, 0.1) is 11.4 Å². The minimum absolute atomic E-state index is 0.136. The number of carbonyl (C=O) groups is 1.